The summed E-state index contributed by atoms with van der Waals surface area (Å²) in [6.45, 7) is 12.5. The maximum atomic E-state index is 12.1. The van der Waals surface area contributed by atoms with E-state index < -0.39 is 5.41 Å². The molecule has 0 spiro atoms. The largest absolute Gasteiger partial charge is 0.435 e. The number of allylic oxidation sites excluding steroid dienone is 1. The van der Waals surface area contributed by atoms with Crippen LogP contribution in [0.25, 0.3) is 0 Å². The number of ether oxygens (including phenoxy) is 2. The molecule has 3 heteroatoms. The van der Waals surface area contributed by atoms with Crippen LogP contribution in [0.3, 0.4) is 0 Å². The quantitative estimate of drug-likeness (QED) is 0.546. The summed E-state index contributed by atoms with van der Waals surface area (Å²) in [6.07, 6.45) is 4.04. The van der Waals surface area contributed by atoms with Gasteiger partial charge >= 0.3 is 5.97 Å². The van der Waals surface area contributed by atoms with Crippen LogP contribution in [0, 0.1) is 10.8 Å². The SMILES string of the molecule is C=CC(C)(C)CC(C)(C)C(=O)OC1CCCO1. The number of hydrogen-bond donors (Lipinski definition) is 0. The van der Waals surface area contributed by atoms with E-state index in [4.69, 9.17) is 9.47 Å². The summed E-state index contributed by atoms with van der Waals surface area (Å²) in [5.41, 5.74) is -0.581. The predicted octanol–water partition coefficient (Wildman–Crippen LogP) is 3.29. The van der Waals surface area contributed by atoms with E-state index >= 15 is 0 Å². The topological polar surface area (TPSA) is 35.5 Å². The van der Waals surface area contributed by atoms with Gasteiger partial charge in [0.2, 0.25) is 6.29 Å². The molecule has 0 saturated carbocycles. The second-order valence-corrected chi connectivity index (χ2v) is 6.10. The highest BCUT2D eigenvalue weighted by Crippen LogP contribution is 2.36. The van der Waals surface area contributed by atoms with Crippen molar-refractivity contribution >= 4 is 5.97 Å². The highest BCUT2D eigenvalue weighted by atomic mass is 16.7. The summed E-state index contributed by atoms with van der Waals surface area (Å²) in [5, 5.41) is 0. The van der Waals surface area contributed by atoms with E-state index in [1.165, 1.54) is 0 Å². The Labute approximate surface area is 104 Å². The fourth-order valence-corrected chi connectivity index (χ4v) is 2.20. The Morgan fingerprint density at radius 3 is 2.59 bits per heavy atom. The third-order valence-electron chi connectivity index (χ3n) is 3.13. The molecule has 0 aromatic heterocycles. The molecular formula is C14H24O3. The molecule has 1 fully saturated rings. The minimum Gasteiger partial charge on any atom is -0.435 e. The van der Waals surface area contributed by atoms with E-state index in [-0.39, 0.29) is 17.7 Å². The molecule has 1 saturated heterocycles. The van der Waals surface area contributed by atoms with Gasteiger partial charge in [0, 0.05) is 6.42 Å². The Kier molecular flexibility index (Phi) is 4.36. The Balaban J connectivity index is 2.56. The summed E-state index contributed by atoms with van der Waals surface area (Å²) >= 11 is 0. The normalized spacial score (nSPS) is 21.3. The molecule has 1 rings (SSSR count). The summed E-state index contributed by atoms with van der Waals surface area (Å²) in [7, 11) is 0. The molecule has 1 aliphatic rings. The molecule has 1 aliphatic heterocycles. The van der Waals surface area contributed by atoms with Gasteiger partial charge in [-0.05, 0) is 32.1 Å². The zero-order valence-corrected chi connectivity index (χ0v) is 11.4. The molecule has 0 N–H and O–H groups in total. The van der Waals surface area contributed by atoms with Gasteiger partial charge in [-0.25, -0.2) is 0 Å². The fourth-order valence-electron chi connectivity index (χ4n) is 2.20. The first-order valence-electron chi connectivity index (χ1n) is 6.23. The van der Waals surface area contributed by atoms with Crippen LogP contribution in [0.4, 0.5) is 0 Å². The van der Waals surface area contributed by atoms with Crippen LogP contribution in [-0.2, 0) is 14.3 Å². The monoisotopic (exact) mass is 240 g/mol. The van der Waals surface area contributed by atoms with Crippen LogP contribution in [0.1, 0.15) is 47.0 Å². The lowest BCUT2D eigenvalue weighted by Crippen LogP contribution is -2.34. The van der Waals surface area contributed by atoms with E-state index in [2.05, 4.69) is 20.4 Å². The van der Waals surface area contributed by atoms with Gasteiger partial charge in [0.15, 0.2) is 0 Å². The van der Waals surface area contributed by atoms with Crippen molar-refractivity contribution in [2.75, 3.05) is 6.61 Å². The molecule has 1 unspecified atom stereocenters. The van der Waals surface area contributed by atoms with E-state index in [9.17, 15) is 4.79 Å². The first-order valence-corrected chi connectivity index (χ1v) is 6.23. The first kappa shape index (κ1) is 14.2. The minimum atomic E-state index is -0.510. The molecule has 0 aromatic carbocycles. The zero-order chi connectivity index (χ0) is 13.1. The van der Waals surface area contributed by atoms with Gasteiger partial charge in [-0.15, -0.1) is 6.58 Å². The second-order valence-electron chi connectivity index (χ2n) is 6.10. The highest BCUT2D eigenvalue weighted by molar-refractivity contribution is 5.76. The van der Waals surface area contributed by atoms with Crippen LogP contribution in [0.5, 0.6) is 0 Å². The van der Waals surface area contributed by atoms with Crippen molar-refractivity contribution in [2.45, 2.75) is 53.2 Å². The molecule has 0 aliphatic carbocycles. The minimum absolute atomic E-state index is 0.0704. The second kappa shape index (κ2) is 5.21. The number of hydrogen-bond acceptors (Lipinski definition) is 3. The van der Waals surface area contributed by atoms with Crippen LogP contribution >= 0.6 is 0 Å². The lowest BCUT2D eigenvalue weighted by atomic mass is 9.75. The van der Waals surface area contributed by atoms with Crippen molar-refractivity contribution in [2.24, 2.45) is 10.8 Å². The Morgan fingerprint density at radius 2 is 2.12 bits per heavy atom. The Hall–Kier alpha value is -0.830. The van der Waals surface area contributed by atoms with Crippen molar-refractivity contribution in [3.8, 4) is 0 Å². The van der Waals surface area contributed by atoms with Gasteiger partial charge < -0.3 is 9.47 Å². The van der Waals surface area contributed by atoms with E-state index in [0.717, 1.165) is 19.3 Å². The maximum Gasteiger partial charge on any atom is 0.313 e. The molecule has 98 valence electrons. The third kappa shape index (κ3) is 4.15. The molecule has 3 nitrogen and oxygen atoms in total. The number of esters is 1. The molecule has 17 heavy (non-hydrogen) atoms. The van der Waals surface area contributed by atoms with Crippen molar-refractivity contribution in [1.29, 1.82) is 0 Å². The van der Waals surface area contributed by atoms with Crippen molar-refractivity contribution in [3.63, 3.8) is 0 Å². The number of carbonyl (C=O) groups is 1. The summed E-state index contributed by atoms with van der Waals surface area (Å²) in [6, 6.07) is 0. The third-order valence-corrected chi connectivity index (χ3v) is 3.13. The summed E-state index contributed by atoms with van der Waals surface area (Å²) in [5.74, 6) is -0.181. The molecule has 0 bridgehead atoms. The smallest absolute Gasteiger partial charge is 0.313 e. The molecule has 1 heterocycles. The Bertz CT molecular complexity index is 286. The van der Waals surface area contributed by atoms with Gasteiger partial charge in [0.1, 0.15) is 0 Å². The molecule has 0 amide bonds. The van der Waals surface area contributed by atoms with Gasteiger partial charge in [-0.1, -0.05) is 19.9 Å². The van der Waals surface area contributed by atoms with Gasteiger partial charge in [-0.3, -0.25) is 4.79 Å². The highest BCUT2D eigenvalue weighted by Gasteiger charge is 2.36. The molecule has 0 aromatic rings. The van der Waals surface area contributed by atoms with Crippen LogP contribution in [-0.4, -0.2) is 18.9 Å². The predicted molar refractivity (Wildman–Crippen MR) is 67.4 cm³/mol. The van der Waals surface area contributed by atoms with Gasteiger partial charge in [-0.2, -0.15) is 0 Å². The van der Waals surface area contributed by atoms with Gasteiger partial charge in [0.05, 0.1) is 12.0 Å². The molecular weight excluding hydrogens is 216 g/mol. The van der Waals surface area contributed by atoms with Crippen LogP contribution in [0.15, 0.2) is 12.7 Å². The van der Waals surface area contributed by atoms with Crippen molar-refractivity contribution in [3.05, 3.63) is 12.7 Å². The van der Waals surface area contributed by atoms with Crippen LogP contribution in [0.2, 0.25) is 0 Å². The average molecular weight is 240 g/mol. The lowest BCUT2D eigenvalue weighted by Gasteiger charge is -2.31. The molecule has 0 radical (unpaired) electrons. The number of rotatable bonds is 5. The van der Waals surface area contributed by atoms with Crippen molar-refractivity contribution in [1.82, 2.24) is 0 Å². The average Bonchev–Trinajstić information content (AvgIpc) is 2.69. The maximum absolute atomic E-state index is 12.1. The Morgan fingerprint density at radius 1 is 1.47 bits per heavy atom. The summed E-state index contributed by atoms with van der Waals surface area (Å²) < 4.78 is 10.7. The lowest BCUT2D eigenvalue weighted by molar-refractivity contribution is -0.181. The number of carbonyl (C=O) groups excluding carboxylic acids is 1. The van der Waals surface area contributed by atoms with Gasteiger partial charge in [0.25, 0.3) is 0 Å². The van der Waals surface area contributed by atoms with Crippen molar-refractivity contribution < 1.29 is 14.3 Å². The van der Waals surface area contributed by atoms with E-state index in [1.807, 2.05) is 19.9 Å². The fraction of sp³-hybridized carbons (Fsp3) is 0.786. The van der Waals surface area contributed by atoms with E-state index in [0.29, 0.717) is 6.61 Å². The summed E-state index contributed by atoms with van der Waals surface area (Å²) in [4.78, 5) is 12.1. The standard InChI is InChI=1S/C14H24O3/c1-6-13(2,3)10-14(4,5)12(15)17-11-8-7-9-16-11/h6,11H,1,7-10H2,2-5H3. The van der Waals surface area contributed by atoms with Crippen LogP contribution < -0.4 is 0 Å². The zero-order valence-electron chi connectivity index (χ0n) is 11.4. The first-order chi connectivity index (χ1) is 7.77. The van der Waals surface area contributed by atoms with E-state index in [1.54, 1.807) is 0 Å². The molecule has 1 atom stereocenters.